The van der Waals surface area contributed by atoms with E-state index in [0.717, 1.165) is 43.6 Å². The van der Waals surface area contributed by atoms with Crippen LogP contribution < -0.4 is 10.1 Å². The first-order valence-electron chi connectivity index (χ1n) is 11.4. The quantitative estimate of drug-likeness (QED) is 0.446. The molecule has 0 fully saturated rings. The first kappa shape index (κ1) is 21.4. The van der Waals surface area contributed by atoms with E-state index < -0.39 is 0 Å². The van der Waals surface area contributed by atoms with Crippen LogP contribution in [0.3, 0.4) is 0 Å². The van der Waals surface area contributed by atoms with Gasteiger partial charge < -0.3 is 14.6 Å². The van der Waals surface area contributed by atoms with Gasteiger partial charge >= 0.3 is 0 Å². The molecule has 4 heteroatoms. The summed E-state index contributed by atoms with van der Waals surface area (Å²) in [5.74, 6) is 1.63. The van der Waals surface area contributed by atoms with Gasteiger partial charge in [-0.1, -0.05) is 54.6 Å². The van der Waals surface area contributed by atoms with Gasteiger partial charge in [0, 0.05) is 12.5 Å². The largest absolute Gasteiger partial charge is 0.476 e. The van der Waals surface area contributed by atoms with Gasteiger partial charge in [0.15, 0.2) is 0 Å². The molecule has 4 rings (SSSR count). The lowest BCUT2D eigenvalue weighted by atomic mass is 9.91. The van der Waals surface area contributed by atoms with Crippen molar-refractivity contribution >= 4 is 5.57 Å². The molecule has 1 aromatic heterocycles. The van der Waals surface area contributed by atoms with Gasteiger partial charge in [-0.15, -0.1) is 0 Å². The van der Waals surface area contributed by atoms with E-state index in [0.29, 0.717) is 12.5 Å². The van der Waals surface area contributed by atoms with Crippen molar-refractivity contribution in [2.45, 2.75) is 52.5 Å². The Morgan fingerprint density at radius 1 is 1.10 bits per heavy atom. The van der Waals surface area contributed by atoms with Crippen LogP contribution in [0.4, 0.5) is 0 Å². The molecule has 0 amide bonds. The third-order valence-electron chi connectivity index (χ3n) is 6.05. The maximum atomic E-state index is 5.70. The molecular formula is C27H32N2O2. The van der Waals surface area contributed by atoms with Crippen LogP contribution >= 0.6 is 0 Å². The first-order chi connectivity index (χ1) is 15.2. The van der Waals surface area contributed by atoms with Crippen molar-refractivity contribution in [1.29, 1.82) is 0 Å². The summed E-state index contributed by atoms with van der Waals surface area (Å²) < 4.78 is 11.2. The van der Waals surface area contributed by atoms with Gasteiger partial charge in [0.05, 0.1) is 12.2 Å². The molecule has 1 heterocycles. The highest BCUT2D eigenvalue weighted by atomic mass is 16.5. The second-order valence-corrected chi connectivity index (χ2v) is 8.19. The van der Waals surface area contributed by atoms with E-state index in [1.54, 1.807) is 0 Å². The van der Waals surface area contributed by atoms with Crippen molar-refractivity contribution in [3.8, 4) is 5.88 Å². The topological polar surface area (TPSA) is 47.3 Å². The predicted molar refractivity (Wildman–Crippen MR) is 125 cm³/mol. The Kier molecular flexibility index (Phi) is 6.88. The number of nitrogens with one attached hydrogen (secondary N) is 1. The molecule has 0 spiro atoms. The number of hydrogen-bond donors (Lipinski definition) is 1. The van der Waals surface area contributed by atoms with Crippen LogP contribution in [0.5, 0.6) is 5.88 Å². The Morgan fingerprint density at radius 3 is 2.42 bits per heavy atom. The fraction of sp³-hybridized carbons (Fsp3) is 0.370. The molecule has 1 atom stereocenters. The average molecular weight is 417 g/mol. The van der Waals surface area contributed by atoms with Crippen LogP contribution in [-0.2, 0) is 6.42 Å². The minimum Gasteiger partial charge on any atom is -0.476 e. The maximum Gasteiger partial charge on any atom is 0.259 e. The molecule has 2 aromatic carbocycles. The van der Waals surface area contributed by atoms with Gasteiger partial charge in [-0.05, 0) is 79.6 Å². The molecule has 0 saturated carbocycles. The van der Waals surface area contributed by atoms with Gasteiger partial charge in [-0.3, -0.25) is 0 Å². The Balaban J connectivity index is 1.52. The molecule has 1 N–H and O–H groups in total. The number of rotatable bonds is 8. The fourth-order valence-corrected chi connectivity index (χ4v) is 4.48. The highest BCUT2D eigenvalue weighted by molar-refractivity contribution is 5.82. The number of aromatic nitrogens is 1. The van der Waals surface area contributed by atoms with Crippen molar-refractivity contribution in [2.24, 2.45) is 0 Å². The van der Waals surface area contributed by atoms with Gasteiger partial charge in [0.2, 0.25) is 0 Å². The number of hydrogen-bond acceptors (Lipinski definition) is 4. The smallest absolute Gasteiger partial charge is 0.259 e. The normalized spacial score (nSPS) is 15.4. The van der Waals surface area contributed by atoms with Crippen molar-refractivity contribution < 1.29 is 9.26 Å². The minimum absolute atomic E-state index is 0.241. The molecule has 4 nitrogen and oxygen atoms in total. The minimum atomic E-state index is 0.241. The second kappa shape index (κ2) is 9.97. The fourth-order valence-electron chi connectivity index (χ4n) is 4.48. The van der Waals surface area contributed by atoms with Gasteiger partial charge in [0.25, 0.3) is 5.88 Å². The van der Waals surface area contributed by atoms with Gasteiger partial charge in [-0.2, -0.15) is 0 Å². The molecule has 0 saturated heterocycles. The highest BCUT2D eigenvalue weighted by Crippen LogP contribution is 2.36. The van der Waals surface area contributed by atoms with E-state index in [1.165, 1.54) is 27.8 Å². The van der Waals surface area contributed by atoms with Crippen LogP contribution in [-0.4, -0.2) is 18.3 Å². The lowest BCUT2D eigenvalue weighted by Gasteiger charge is -2.22. The number of ether oxygens (including phenoxy) is 1. The molecular weight excluding hydrogens is 384 g/mol. The summed E-state index contributed by atoms with van der Waals surface area (Å²) in [4.78, 5) is 0. The SMILES string of the molecule is CCOc1noc2c1C(NCCC=C(c1ccccc1C)c1ccccc1C)CCC2. The van der Waals surface area contributed by atoms with E-state index in [1.807, 2.05) is 6.92 Å². The van der Waals surface area contributed by atoms with E-state index in [2.05, 4.69) is 78.9 Å². The van der Waals surface area contributed by atoms with Gasteiger partial charge in [-0.25, -0.2) is 0 Å². The third-order valence-corrected chi connectivity index (χ3v) is 6.05. The summed E-state index contributed by atoms with van der Waals surface area (Å²) in [6.45, 7) is 7.84. The van der Waals surface area contributed by atoms with Crippen molar-refractivity contribution in [3.05, 3.63) is 88.2 Å². The zero-order valence-electron chi connectivity index (χ0n) is 18.8. The highest BCUT2D eigenvalue weighted by Gasteiger charge is 2.28. The van der Waals surface area contributed by atoms with Crippen LogP contribution in [0.25, 0.3) is 5.57 Å². The number of benzene rings is 2. The summed E-state index contributed by atoms with van der Waals surface area (Å²) in [5, 5.41) is 7.87. The summed E-state index contributed by atoms with van der Waals surface area (Å²) in [6.07, 6.45) is 6.45. The zero-order valence-corrected chi connectivity index (χ0v) is 18.8. The van der Waals surface area contributed by atoms with E-state index in [9.17, 15) is 0 Å². The lowest BCUT2D eigenvalue weighted by Crippen LogP contribution is -2.25. The first-order valence-corrected chi connectivity index (χ1v) is 11.4. The number of aryl methyl sites for hydroxylation is 3. The monoisotopic (exact) mass is 416 g/mol. The standard InChI is InChI=1S/C27H32N2O2/c1-4-30-27-26-24(16-9-17-25(26)31-29-27)28-18-10-15-23(21-13-7-5-11-19(21)2)22-14-8-6-12-20(22)3/h5-8,11-15,24,28H,4,9-10,16-18H2,1-3H3. The van der Waals surface area contributed by atoms with Crippen molar-refractivity contribution in [3.63, 3.8) is 0 Å². The summed E-state index contributed by atoms with van der Waals surface area (Å²) >= 11 is 0. The molecule has 1 aliphatic rings. The maximum absolute atomic E-state index is 5.70. The van der Waals surface area contributed by atoms with Crippen LogP contribution in [0, 0.1) is 13.8 Å². The van der Waals surface area contributed by atoms with Crippen molar-refractivity contribution in [2.75, 3.05) is 13.2 Å². The summed E-state index contributed by atoms with van der Waals surface area (Å²) in [6, 6.07) is 17.5. The zero-order chi connectivity index (χ0) is 21.6. The predicted octanol–water partition coefficient (Wildman–Crippen LogP) is 6.18. The molecule has 162 valence electrons. The second-order valence-electron chi connectivity index (χ2n) is 8.19. The summed E-state index contributed by atoms with van der Waals surface area (Å²) in [5.41, 5.74) is 7.63. The molecule has 31 heavy (non-hydrogen) atoms. The molecule has 3 aromatic rings. The number of fused-ring (bicyclic) bond motifs is 1. The molecule has 0 bridgehead atoms. The van der Waals surface area contributed by atoms with E-state index >= 15 is 0 Å². The van der Waals surface area contributed by atoms with E-state index in [4.69, 9.17) is 9.26 Å². The molecule has 0 radical (unpaired) electrons. The lowest BCUT2D eigenvalue weighted by molar-refractivity contribution is 0.289. The molecule has 1 aliphatic carbocycles. The van der Waals surface area contributed by atoms with Gasteiger partial charge in [0.1, 0.15) is 5.76 Å². The third kappa shape index (κ3) is 4.75. The van der Waals surface area contributed by atoms with E-state index in [-0.39, 0.29) is 6.04 Å². The molecule has 1 unspecified atom stereocenters. The Hall–Kier alpha value is -2.85. The summed E-state index contributed by atoms with van der Waals surface area (Å²) in [7, 11) is 0. The van der Waals surface area contributed by atoms with Crippen LogP contribution in [0.2, 0.25) is 0 Å². The Bertz CT molecular complexity index is 1000. The Morgan fingerprint density at radius 2 is 1.77 bits per heavy atom. The molecule has 0 aliphatic heterocycles. The van der Waals surface area contributed by atoms with Crippen LogP contribution in [0.1, 0.15) is 65.8 Å². The van der Waals surface area contributed by atoms with Crippen molar-refractivity contribution in [1.82, 2.24) is 10.5 Å². The average Bonchev–Trinajstić information content (AvgIpc) is 3.19. The Labute approximate surface area is 185 Å². The van der Waals surface area contributed by atoms with Crippen LogP contribution in [0.15, 0.2) is 59.1 Å². The number of nitrogens with zero attached hydrogens (tertiary/aromatic N) is 1.